The van der Waals surface area contributed by atoms with Gasteiger partial charge in [0.05, 0.1) is 6.54 Å². The van der Waals surface area contributed by atoms with E-state index in [0.717, 1.165) is 18.5 Å². The number of aryl methyl sites for hydroxylation is 2. The number of nitrogens with zero attached hydrogens (tertiary/aromatic N) is 4. The number of carbonyl (C=O) groups is 1. The number of hydrogen-bond acceptors (Lipinski definition) is 5. The van der Waals surface area contributed by atoms with E-state index in [2.05, 4.69) is 51.0 Å². The second kappa shape index (κ2) is 7.74. The molecule has 0 aromatic carbocycles. The molecule has 0 radical (unpaired) electrons. The SMILES string of the molecule is Cc1ccc(C)n1CCCC(=O)NCc1nc(-c2ccncc2)no1. The molecule has 25 heavy (non-hydrogen) atoms. The van der Waals surface area contributed by atoms with Crippen molar-refractivity contribution < 1.29 is 9.32 Å². The molecule has 3 aromatic rings. The van der Waals surface area contributed by atoms with E-state index in [9.17, 15) is 4.79 Å². The predicted octanol–water partition coefficient (Wildman–Crippen LogP) is 2.65. The Kier molecular flexibility index (Phi) is 5.23. The Bertz CT molecular complexity index is 819. The Balaban J connectivity index is 1.44. The summed E-state index contributed by atoms with van der Waals surface area (Å²) < 4.78 is 7.38. The average Bonchev–Trinajstić information content (AvgIpc) is 3.22. The number of rotatable bonds is 7. The number of nitrogens with one attached hydrogen (secondary N) is 1. The van der Waals surface area contributed by atoms with E-state index in [4.69, 9.17) is 4.52 Å². The van der Waals surface area contributed by atoms with Crippen LogP contribution in [0.4, 0.5) is 0 Å². The molecule has 0 atom stereocenters. The minimum absolute atomic E-state index is 0.0221. The highest BCUT2D eigenvalue weighted by Gasteiger charge is 2.10. The van der Waals surface area contributed by atoms with Crippen LogP contribution in [-0.2, 0) is 17.9 Å². The van der Waals surface area contributed by atoms with Crippen molar-refractivity contribution in [2.75, 3.05) is 0 Å². The minimum atomic E-state index is -0.0221. The maximum atomic E-state index is 12.0. The van der Waals surface area contributed by atoms with Crippen LogP contribution in [0.3, 0.4) is 0 Å². The molecule has 0 bridgehead atoms. The van der Waals surface area contributed by atoms with Gasteiger partial charge >= 0.3 is 0 Å². The van der Waals surface area contributed by atoms with E-state index in [1.807, 2.05) is 0 Å². The van der Waals surface area contributed by atoms with Crippen molar-refractivity contribution in [1.82, 2.24) is 25.0 Å². The Morgan fingerprint density at radius 2 is 1.88 bits per heavy atom. The summed E-state index contributed by atoms with van der Waals surface area (Å²) in [7, 11) is 0. The van der Waals surface area contributed by atoms with Gasteiger partial charge in [0.2, 0.25) is 17.6 Å². The molecule has 7 nitrogen and oxygen atoms in total. The average molecular weight is 339 g/mol. The van der Waals surface area contributed by atoms with Gasteiger partial charge in [-0.2, -0.15) is 4.98 Å². The molecule has 0 saturated heterocycles. The lowest BCUT2D eigenvalue weighted by molar-refractivity contribution is -0.121. The third-order valence-corrected chi connectivity index (χ3v) is 4.05. The van der Waals surface area contributed by atoms with Gasteiger partial charge in [0.25, 0.3) is 0 Å². The van der Waals surface area contributed by atoms with Crippen molar-refractivity contribution >= 4 is 5.91 Å². The fourth-order valence-corrected chi connectivity index (χ4v) is 2.66. The van der Waals surface area contributed by atoms with Crippen molar-refractivity contribution in [3.63, 3.8) is 0 Å². The highest BCUT2D eigenvalue weighted by Crippen LogP contribution is 2.14. The highest BCUT2D eigenvalue weighted by atomic mass is 16.5. The molecular formula is C18H21N5O2. The minimum Gasteiger partial charge on any atom is -0.349 e. The molecule has 0 saturated carbocycles. The number of hydrogen-bond donors (Lipinski definition) is 1. The van der Waals surface area contributed by atoms with Crippen LogP contribution in [0.2, 0.25) is 0 Å². The zero-order valence-corrected chi connectivity index (χ0v) is 14.4. The third kappa shape index (κ3) is 4.32. The fourth-order valence-electron chi connectivity index (χ4n) is 2.66. The molecule has 0 fully saturated rings. The van der Waals surface area contributed by atoms with E-state index in [1.54, 1.807) is 24.5 Å². The number of amides is 1. The van der Waals surface area contributed by atoms with Crippen molar-refractivity contribution in [2.24, 2.45) is 0 Å². The molecule has 3 rings (SSSR count). The fraction of sp³-hybridized carbons (Fsp3) is 0.333. The van der Waals surface area contributed by atoms with Gasteiger partial charge in [0.1, 0.15) is 0 Å². The molecule has 1 N–H and O–H groups in total. The van der Waals surface area contributed by atoms with Gasteiger partial charge in [-0.1, -0.05) is 5.16 Å². The maximum Gasteiger partial charge on any atom is 0.246 e. The first-order chi connectivity index (χ1) is 12.1. The molecule has 0 aliphatic rings. The van der Waals surface area contributed by atoms with Crippen LogP contribution in [0.25, 0.3) is 11.4 Å². The lowest BCUT2D eigenvalue weighted by Crippen LogP contribution is -2.23. The molecule has 7 heteroatoms. The van der Waals surface area contributed by atoms with E-state index >= 15 is 0 Å². The van der Waals surface area contributed by atoms with Gasteiger partial charge in [-0.05, 0) is 44.5 Å². The largest absolute Gasteiger partial charge is 0.349 e. The first kappa shape index (κ1) is 16.9. The monoisotopic (exact) mass is 339 g/mol. The summed E-state index contributed by atoms with van der Waals surface area (Å²) >= 11 is 0. The van der Waals surface area contributed by atoms with Crippen LogP contribution in [-0.4, -0.2) is 25.6 Å². The van der Waals surface area contributed by atoms with Gasteiger partial charge in [-0.3, -0.25) is 9.78 Å². The van der Waals surface area contributed by atoms with Gasteiger partial charge in [0.15, 0.2) is 0 Å². The topological polar surface area (TPSA) is 85.8 Å². The van der Waals surface area contributed by atoms with E-state index < -0.39 is 0 Å². The smallest absolute Gasteiger partial charge is 0.246 e. The van der Waals surface area contributed by atoms with E-state index in [-0.39, 0.29) is 12.5 Å². The quantitative estimate of drug-likeness (QED) is 0.715. The number of aromatic nitrogens is 4. The van der Waals surface area contributed by atoms with Crippen LogP contribution in [0, 0.1) is 13.8 Å². The molecule has 0 aliphatic carbocycles. The molecule has 1 amide bonds. The second-order valence-corrected chi connectivity index (χ2v) is 5.90. The molecule has 0 spiro atoms. The molecule has 3 heterocycles. The van der Waals surface area contributed by atoms with Gasteiger partial charge in [-0.25, -0.2) is 0 Å². The lowest BCUT2D eigenvalue weighted by Gasteiger charge is -2.08. The third-order valence-electron chi connectivity index (χ3n) is 4.05. The maximum absolute atomic E-state index is 12.0. The van der Waals surface area contributed by atoms with Crippen molar-refractivity contribution in [3.05, 3.63) is 53.9 Å². The zero-order valence-electron chi connectivity index (χ0n) is 14.4. The van der Waals surface area contributed by atoms with Crippen LogP contribution in [0.1, 0.15) is 30.1 Å². The Labute approximate surface area is 146 Å². The second-order valence-electron chi connectivity index (χ2n) is 5.90. The normalized spacial score (nSPS) is 10.8. The standard InChI is InChI=1S/C18H21N5O2/c1-13-5-6-14(2)23(13)11-3-4-16(24)20-12-17-21-18(22-25-17)15-7-9-19-10-8-15/h5-10H,3-4,11-12H2,1-2H3,(H,20,24). The zero-order chi connectivity index (χ0) is 17.6. The van der Waals surface area contributed by atoms with Gasteiger partial charge in [0, 0.05) is 42.3 Å². The summed E-state index contributed by atoms with van der Waals surface area (Å²) in [4.78, 5) is 20.2. The highest BCUT2D eigenvalue weighted by molar-refractivity contribution is 5.75. The first-order valence-electron chi connectivity index (χ1n) is 8.26. The lowest BCUT2D eigenvalue weighted by atomic mass is 10.2. The summed E-state index contributed by atoms with van der Waals surface area (Å²) in [5, 5.41) is 6.73. The molecule has 0 unspecified atom stereocenters. The number of carbonyl (C=O) groups excluding carboxylic acids is 1. The van der Waals surface area contributed by atoms with Crippen LogP contribution in [0.15, 0.2) is 41.2 Å². The van der Waals surface area contributed by atoms with E-state index in [0.29, 0.717) is 18.1 Å². The van der Waals surface area contributed by atoms with Crippen LogP contribution >= 0.6 is 0 Å². The van der Waals surface area contributed by atoms with Crippen molar-refractivity contribution in [1.29, 1.82) is 0 Å². The van der Waals surface area contributed by atoms with Crippen molar-refractivity contribution in [3.8, 4) is 11.4 Å². The van der Waals surface area contributed by atoms with Gasteiger partial charge in [-0.15, -0.1) is 0 Å². The molecule has 0 aliphatic heterocycles. The predicted molar refractivity (Wildman–Crippen MR) is 92.5 cm³/mol. The number of pyridine rings is 1. The summed E-state index contributed by atoms with van der Waals surface area (Å²) in [6, 6.07) is 7.79. The Hall–Kier alpha value is -2.96. The Morgan fingerprint density at radius 1 is 1.16 bits per heavy atom. The van der Waals surface area contributed by atoms with Gasteiger partial charge < -0.3 is 14.4 Å². The molecule has 130 valence electrons. The first-order valence-corrected chi connectivity index (χ1v) is 8.26. The summed E-state index contributed by atoms with van der Waals surface area (Å²) in [5.41, 5.74) is 3.26. The molecule has 3 aromatic heterocycles. The van der Waals surface area contributed by atoms with Crippen molar-refractivity contribution in [2.45, 2.75) is 39.8 Å². The van der Waals surface area contributed by atoms with E-state index in [1.165, 1.54) is 11.4 Å². The summed E-state index contributed by atoms with van der Waals surface area (Å²) in [6.45, 7) is 5.22. The van der Waals surface area contributed by atoms with Crippen LogP contribution < -0.4 is 5.32 Å². The molecular weight excluding hydrogens is 318 g/mol. The summed E-state index contributed by atoms with van der Waals surface area (Å²) in [6.07, 6.45) is 4.58. The Morgan fingerprint density at radius 3 is 2.60 bits per heavy atom. The summed E-state index contributed by atoms with van der Waals surface area (Å²) in [5.74, 6) is 0.855. The van der Waals surface area contributed by atoms with Crippen LogP contribution in [0.5, 0.6) is 0 Å².